The molecule has 2 aromatic carbocycles. The van der Waals surface area contributed by atoms with Crippen molar-refractivity contribution in [3.63, 3.8) is 0 Å². The van der Waals surface area contributed by atoms with Gasteiger partial charge >= 0.3 is 0 Å². The maximum absolute atomic E-state index is 12.1. The van der Waals surface area contributed by atoms with Crippen molar-refractivity contribution < 1.29 is 9.53 Å². The van der Waals surface area contributed by atoms with Gasteiger partial charge < -0.3 is 20.7 Å². The van der Waals surface area contributed by atoms with E-state index in [1.54, 1.807) is 25.2 Å². The number of halogens is 1. The molecule has 7 heteroatoms. The van der Waals surface area contributed by atoms with E-state index >= 15 is 0 Å². The van der Waals surface area contributed by atoms with Gasteiger partial charge in [-0.15, -0.1) is 6.58 Å². The van der Waals surface area contributed by atoms with Gasteiger partial charge in [0.15, 0.2) is 0 Å². The van der Waals surface area contributed by atoms with Crippen LogP contribution in [0, 0.1) is 5.41 Å². The summed E-state index contributed by atoms with van der Waals surface area (Å²) in [7, 11) is 1.77. The van der Waals surface area contributed by atoms with Crippen LogP contribution >= 0.6 is 11.6 Å². The lowest BCUT2D eigenvalue weighted by molar-refractivity contribution is 0.0443. The Balaban J connectivity index is 0.000000225. The van der Waals surface area contributed by atoms with Crippen molar-refractivity contribution in [2.45, 2.75) is 59.0 Å². The van der Waals surface area contributed by atoms with Gasteiger partial charge in [0.25, 0.3) is 5.91 Å². The number of piperidine rings is 1. The number of amides is 1. The highest BCUT2D eigenvalue weighted by Gasteiger charge is 2.34. The summed E-state index contributed by atoms with van der Waals surface area (Å²) in [6.07, 6.45) is 5.60. The van der Waals surface area contributed by atoms with Gasteiger partial charge in [0.05, 0.1) is 10.6 Å². The molecular formula is C33H43ClN4O2. The van der Waals surface area contributed by atoms with Crippen molar-refractivity contribution in [1.29, 1.82) is 0 Å². The Morgan fingerprint density at radius 1 is 1.20 bits per heavy atom. The number of carbonyl (C=O) groups excluding carboxylic acids is 1. The van der Waals surface area contributed by atoms with Crippen LogP contribution < -0.4 is 20.7 Å². The normalized spacial score (nSPS) is 16.2. The van der Waals surface area contributed by atoms with E-state index in [0.717, 1.165) is 37.4 Å². The van der Waals surface area contributed by atoms with Crippen molar-refractivity contribution in [2.75, 3.05) is 30.8 Å². The predicted molar refractivity (Wildman–Crippen MR) is 168 cm³/mol. The zero-order valence-electron chi connectivity index (χ0n) is 24.6. The SMILES string of the molecule is C=CCc1ccc(C(C)(C)C)cc1O[C@@H]1CCNCC1(C)C.CNc1ccccc1C(=O)Nc1ccc(Cl)cn1. The minimum absolute atomic E-state index is 0.133. The predicted octanol–water partition coefficient (Wildman–Crippen LogP) is 7.51. The van der Waals surface area contributed by atoms with E-state index in [-0.39, 0.29) is 22.8 Å². The Morgan fingerprint density at radius 2 is 1.95 bits per heavy atom. The first-order valence-corrected chi connectivity index (χ1v) is 14.1. The van der Waals surface area contributed by atoms with Gasteiger partial charge in [0, 0.05) is 30.9 Å². The second-order valence-corrected chi connectivity index (χ2v) is 12.2. The molecule has 3 N–H and O–H groups in total. The van der Waals surface area contributed by atoms with Crippen molar-refractivity contribution in [2.24, 2.45) is 5.41 Å². The Kier molecular flexibility index (Phi) is 10.8. The van der Waals surface area contributed by atoms with Gasteiger partial charge in [-0.25, -0.2) is 4.98 Å². The first kappa shape index (κ1) is 31.2. The number of hydrogen-bond donors (Lipinski definition) is 3. The van der Waals surface area contributed by atoms with Crippen LogP contribution in [-0.2, 0) is 11.8 Å². The van der Waals surface area contributed by atoms with Gasteiger partial charge in [0.2, 0.25) is 0 Å². The molecule has 2 heterocycles. The highest BCUT2D eigenvalue weighted by molar-refractivity contribution is 6.30. The first-order chi connectivity index (χ1) is 18.9. The second kappa shape index (κ2) is 13.8. The molecule has 6 nitrogen and oxygen atoms in total. The first-order valence-electron chi connectivity index (χ1n) is 13.8. The number of nitrogens with one attached hydrogen (secondary N) is 3. The summed E-state index contributed by atoms with van der Waals surface area (Å²) in [5.74, 6) is 1.29. The lowest BCUT2D eigenvalue weighted by Crippen LogP contribution is -2.48. The molecule has 214 valence electrons. The maximum Gasteiger partial charge on any atom is 0.258 e. The standard InChI is InChI=1S/C20H31NO.C13H12ClN3O/c1-7-8-15-9-10-16(19(2,3)4)13-17(15)22-18-11-12-21-14-20(18,5)6;1-15-11-5-3-2-4-10(11)13(18)17-12-7-6-9(14)8-16-12/h7,9-10,13,18,21H,1,8,11-12,14H2,2-6H3;2-8,15H,1H3,(H,16,17,18)/t18-;/m1./s1. The molecule has 1 aliphatic rings. The van der Waals surface area contributed by atoms with Crippen molar-refractivity contribution in [1.82, 2.24) is 10.3 Å². The molecule has 1 atom stereocenters. The third-order valence-electron chi connectivity index (χ3n) is 7.01. The van der Waals surface area contributed by atoms with Gasteiger partial charge in [0.1, 0.15) is 17.7 Å². The molecule has 1 aliphatic heterocycles. The largest absolute Gasteiger partial charge is 0.489 e. The Labute approximate surface area is 244 Å². The van der Waals surface area contributed by atoms with Gasteiger partial charge in [-0.3, -0.25) is 4.79 Å². The van der Waals surface area contributed by atoms with Crippen molar-refractivity contribution in [3.8, 4) is 5.75 Å². The molecule has 0 unspecified atom stereocenters. The van der Waals surface area contributed by atoms with E-state index in [2.05, 4.69) is 80.3 Å². The van der Waals surface area contributed by atoms with Crippen LogP contribution in [0.25, 0.3) is 0 Å². The maximum atomic E-state index is 12.1. The lowest BCUT2D eigenvalue weighted by Gasteiger charge is -2.39. The average molecular weight is 563 g/mol. The molecule has 40 heavy (non-hydrogen) atoms. The zero-order chi connectivity index (χ0) is 29.3. The smallest absolute Gasteiger partial charge is 0.258 e. The van der Waals surface area contributed by atoms with Crippen molar-refractivity contribution in [3.05, 3.63) is 95.2 Å². The molecule has 1 fully saturated rings. The monoisotopic (exact) mass is 562 g/mol. The number of anilines is 2. The molecule has 0 bridgehead atoms. The highest BCUT2D eigenvalue weighted by atomic mass is 35.5. The molecule has 3 aromatic rings. The average Bonchev–Trinajstić information content (AvgIpc) is 2.92. The summed E-state index contributed by atoms with van der Waals surface area (Å²) < 4.78 is 6.50. The zero-order valence-corrected chi connectivity index (χ0v) is 25.4. The van der Waals surface area contributed by atoms with Crippen LogP contribution in [0.4, 0.5) is 11.5 Å². The highest BCUT2D eigenvalue weighted by Crippen LogP contribution is 2.34. The van der Waals surface area contributed by atoms with E-state index < -0.39 is 0 Å². The molecule has 1 aromatic heterocycles. The second-order valence-electron chi connectivity index (χ2n) is 11.7. The third kappa shape index (κ3) is 8.57. The van der Waals surface area contributed by atoms with E-state index in [9.17, 15) is 4.79 Å². The molecule has 1 saturated heterocycles. The quantitative estimate of drug-likeness (QED) is 0.260. The Morgan fingerprint density at radius 3 is 2.58 bits per heavy atom. The fourth-order valence-corrected chi connectivity index (χ4v) is 4.62. The number of pyridine rings is 1. The topological polar surface area (TPSA) is 75.3 Å². The minimum atomic E-state index is -0.213. The fourth-order valence-electron chi connectivity index (χ4n) is 4.51. The number of benzene rings is 2. The minimum Gasteiger partial charge on any atom is -0.489 e. The van der Waals surface area contributed by atoms with Crippen LogP contribution in [0.15, 0.2) is 73.4 Å². The Hall–Kier alpha value is -3.35. The third-order valence-corrected chi connectivity index (χ3v) is 7.24. The molecule has 0 radical (unpaired) electrons. The molecule has 1 amide bonds. The number of allylic oxidation sites excluding steroid dienone is 1. The summed E-state index contributed by atoms with van der Waals surface area (Å²) in [5.41, 5.74) is 4.18. The number of ether oxygens (including phenoxy) is 1. The van der Waals surface area contributed by atoms with E-state index in [1.165, 1.54) is 17.3 Å². The number of nitrogens with zero attached hydrogens (tertiary/aromatic N) is 1. The summed E-state index contributed by atoms with van der Waals surface area (Å²) in [6.45, 7) is 17.2. The van der Waals surface area contributed by atoms with E-state index in [1.807, 2.05) is 24.3 Å². The summed E-state index contributed by atoms with van der Waals surface area (Å²) >= 11 is 5.73. The molecule has 4 rings (SSSR count). The van der Waals surface area contributed by atoms with Gasteiger partial charge in [-0.1, -0.05) is 76.6 Å². The van der Waals surface area contributed by atoms with Crippen molar-refractivity contribution >= 4 is 29.0 Å². The van der Waals surface area contributed by atoms with Crippen LogP contribution in [0.5, 0.6) is 5.75 Å². The Bertz CT molecular complexity index is 1280. The summed E-state index contributed by atoms with van der Waals surface area (Å²) in [4.78, 5) is 16.1. The summed E-state index contributed by atoms with van der Waals surface area (Å²) in [5, 5.41) is 9.68. The fraction of sp³-hybridized carbons (Fsp3) is 0.394. The lowest BCUT2D eigenvalue weighted by atomic mass is 9.82. The number of hydrogen-bond acceptors (Lipinski definition) is 5. The number of aromatic nitrogens is 1. The van der Waals surface area contributed by atoms with Gasteiger partial charge in [-0.05, 0) is 66.3 Å². The molecule has 0 saturated carbocycles. The summed E-state index contributed by atoms with van der Waals surface area (Å²) in [6, 6.07) is 17.2. The van der Waals surface area contributed by atoms with Crippen LogP contribution in [0.1, 0.15) is 62.5 Å². The number of para-hydroxylation sites is 1. The van der Waals surface area contributed by atoms with E-state index in [4.69, 9.17) is 16.3 Å². The van der Waals surface area contributed by atoms with Crippen LogP contribution in [0.2, 0.25) is 5.02 Å². The van der Waals surface area contributed by atoms with Crippen LogP contribution in [0.3, 0.4) is 0 Å². The van der Waals surface area contributed by atoms with E-state index in [0.29, 0.717) is 16.4 Å². The van der Waals surface area contributed by atoms with Crippen LogP contribution in [-0.4, -0.2) is 37.1 Å². The molecule has 0 aliphatic carbocycles. The number of rotatable bonds is 7. The van der Waals surface area contributed by atoms with Gasteiger partial charge in [-0.2, -0.15) is 0 Å². The number of carbonyl (C=O) groups is 1. The molecule has 0 spiro atoms. The molecular weight excluding hydrogens is 520 g/mol.